The number of benzene rings is 1. The summed E-state index contributed by atoms with van der Waals surface area (Å²) in [6, 6.07) is 8.41. The minimum Gasteiger partial charge on any atom is -0.397 e. The Balaban J connectivity index is 1.48. The molecule has 3 heterocycles. The van der Waals surface area contributed by atoms with E-state index in [-0.39, 0.29) is 17.5 Å². The molecule has 0 bridgehead atoms. The standard InChI is InChI=1S/C18H18N6O3/c19-12-9-14-15(22-23-16(14)20-10-12)17(25)21-13-3-1-11(2-4-13)18(26)24-5-7-27-8-6-24/h1-4,9-10H,5-8,19H2,(H,21,25)(H,20,22,23). The van der Waals surface area contributed by atoms with Crippen molar-refractivity contribution in [3.8, 4) is 0 Å². The lowest BCUT2D eigenvalue weighted by molar-refractivity contribution is 0.0303. The van der Waals surface area contributed by atoms with Crippen molar-refractivity contribution < 1.29 is 14.3 Å². The van der Waals surface area contributed by atoms with Crippen LogP contribution < -0.4 is 11.1 Å². The number of H-pyrrole nitrogens is 1. The van der Waals surface area contributed by atoms with Crippen LogP contribution >= 0.6 is 0 Å². The number of nitrogens with zero attached hydrogens (tertiary/aromatic N) is 3. The Morgan fingerprint density at radius 1 is 1.19 bits per heavy atom. The van der Waals surface area contributed by atoms with Crippen molar-refractivity contribution in [2.75, 3.05) is 37.4 Å². The number of ether oxygens (including phenoxy) is 1. The van der Waals surface area contributed by atoms with E-state index in [0.717, 1.165) is 0 Å². The van der Waals surface area contributed by atoms with Crippen molar-refractivity contribution in [1.29, 1.82) is 0 Å². The number of nitrogens with one attached hydrogen (secondary N) is 2. The first kappa shape index (κ1) is 17.0. The van der Waals surface area contributed by atoms with Crippen LogP contribution in [0, 0.1) is 0 Å². The highest BCUT2D eigenvalue weighted by molar-refractivity contribution is 6.11. The molecule has 1 saturated heterocycles. The molecule has 2 amide bonds. The number of anilines is 2. The number of aromatic nitrogens is 3. The first-order valence-corrected chi connectivity index (χ1v) is 8.50. The smallest absolute Gasteiger partial charge is 0.274 e. The number of aromatic amines is 1. The van der Waals surface area contributed by atoms with Crippen LogP contribution in [0.25, 0.3) is 11.0 Å². The molecule has 0 saturated carbocycles. The summed E-state index contributed by atoms with van der Waals surface area (Å²) in [6.07, 6.45) is 1.48. The number of fused-ring (bicyclic) bond motifs is 1. The SMILES string of the molecule is Nc1cnc2n[nH]c(C(=O)Nc3ccc(C(=O)N4CCOCC4)cc3)c2c1. The lowest BCUT2D eigenvalue weighted by Crippen LogP contribution is -2.40. The van der Waals surface area contributed by atoms with Crippen molar-refractivity contribution in [2.24, 2.45) is 0 Å². The third-order valence-electron chi connectivity index (χ3n) is 4.35. The van der Waals surface area contributed by atoms with Crippen LogP contribution in [0.4, 0.5) is 11.4 Å². The molecule has 138 valence electrons. The van der Waals surface area contributed by atoms with Gasteiger partial charge in [-0.1, -0.05) is 0 Å². The summed E-state index contributed by atoms with van der Waals surface area (Å²) in [6.45, 7) is 2.28. The quantitative estimate of drug-likeness (QED) is 0.641. The fourth-order valence-electron chi connectivity index (χ4n) is 2.93. The fourth-order valence-corrected chi connectivity index (χ4v) is 2.93. The van der Waals surface area contributed by atoms with Gasteiger partial charge in [-0.05, 0) is 30.3 Å². The van der Waals surface area contributed by atoms with Gasteiger partial charge in [0.2, 0.25) is 0 Å². The predicted octanol–water partition coefficient (Wildman–Crippen LogP) is 1.26. The number of nitrogens with two attached hydrogens (primary N) is 1. The Hall–Kier alpha value is -3.46. The molecule has 9 nitrogen and oxygen atoms in total. The van der Waals surface area contributed by atoms with E-state index in [4.69, 9.17) is 10.5 Å². The summed E-state index contributed by atoms with van der Waals surface area (Å²) in [7, 11) is 0. The number of pyridine rings is 1. The van der Waals surface area contributed by atoms with Crippen molar-refractivity contribution >= 4 is 34.2 Å². The highest BCUT2D eigenvalue weighted by Crippen LogP contribution is 2.19. The first-order valence-electron chi connectivity index (χ1n) is 8.50. The summed E-state index contributed by atoms with van der Waals surface area (Å²) in [5, 5.41) is 10.0. The van der Waals surface area contributed by atoms with Gasteiger partial charge in [0.25, 0.3) is 11.8 Å². The maximum absolute atomic E-state index is 12.5. The molecule has 0 radical (unpaired) electrons. The zero-order valence-corrected chi connectivity index (χ0v) is 14.4. The van der Waals surface area contributed by atoms with E-state index in [1.807, 2.05) is 0 Å². The zero-order chi connectivity index (χ0) is 18.8. The van der Waals surface area contributed by atoms with Gasteiger partial charge in [-0.15, -0.1) is 0 Å². The number of nitrogen functional groups attached to an aromatic ring is 1. The second-order valence-electron chi connectivity index (χ2n) is 6.17. The number of hydrogen-bond acceptors (Lipinski definition) is 6. The van der Waals surface area contributed by atoms with Crippen LogP contribution in [0.15, 0.2) is 36.5 Å². The molecule has 1 fully saturated rings. The zero-order valence-electron chi connectivity index (χ0n) is 14.4. The molecule has 2 aromatic heterocycles. The summed E-state index contributed by atoms with van der Waals surface area (Å²) in [5.74, 6) is -0.408. The third kappa shape index (κ3) is 3.44. The van der Waals surface area contributed by atoms with Crippen LogP contribution in [-0.2, 0) is 4.74 Å². The van der Waals surface area contributed by atoms with Gasteiger partial charge >= 0.3 is 0 Å². The van der Waals surface area contributed by atoms with Gasteiger partial charge in [0.15, 0.2) is 5.65 Å². The molecule has 1 aromatic carbocycles. The molecule has 4 N–H and O–H groups in total. The van der Waals surface area contributed by atoms with Crippen molar-refractivity contribution in [1.82, 2.24) is 20.1 Å². The molecule has 1 aliphatic rings. The number of rotatable bonds is 3. The van der Waals surface area contributed by atoms with Gasteiger partial charge in [-0.2, -0.15) is 5.10 Å². The molecule has 1 aliphatic heterocycles. The Labute approximate surface area is 154 Å². The molecule has 0 unspecified atom stereocenters. The summed E-state index contributed by atoms with van der Waals surface area (Å²) < 4.78 is 5.26. The van der Waals surface area contributed by atoms with Crippen molar-refractivity contribution in [2.45, 2.75) is 0 Å². The number of carbonyl (C=O) groups excluding carboxylic acids is 2. The van der Waals surface area contributed by atoms with Gasteiger partial charge in [0, 0.05) is 24.3 Å². The average molecular weight is 366 g/mol. The Morgan fingerprint density at radius 2 is 1.93 bits per heavy atom. The Bertz CT molecular complexity index is 992. The number of morpholine rings is 1. The minimum absolute atomic E-state index is 0.0442. The van der Waals surface area contributed by atoms with E-state index >= 15 is 0 Å². The molecule has 0 aliphatic carbocycles. The monoisotopic (exact) mass is 366 g/mol. The molecule has 27 heavy (non-hydrogen) atoms. The lowest BCUT2D eigenvalue weighted by Gasteiger charge is -2.26. The molecule has 4 rings (SSSR count). The van der Waals surface area contributed by atoms with E-state index in [9.17, 15) is 9.59 Å². The Kier molecular flexibility index (Phi) is 4.43. The van der Waals surface area contributed by atoms with Crippen LogP contribution in [-0.4, -0.2) is 58.2 Å². The molecule has 0 atom stereocenters. The molecular weight excluding hydrogens is 348 g/mol. The van der Waals surface area contributed by atoms with Crippen molar-refractivity contribution in [3.05, 3.63) is 47.8 Å². The second kappa shape index (κ2) is 7.04. The number of carbonyl (C=O) groups is 2. The van der Waals surface area contributed by atoms with Crippen molar-refractivity contribution in [3.63, 3.8) is 0 Å². The van der Waals surface area contributed by atoms with Gasteiger partial charge in [0.05, 0.1) is 30.5 Å². The first-order chi connectivity index (χ1) is 13.1. The summed E-state index contributed by atoms with van der Waals surface area (Å²) in [4.78, 5) is 30.8. The second-order valence-corrected chi connectivity index (χ2v) is 6.17. The minimum atomic E-state index is -0.364. The van der Waals surface area contributed by atoms with E-state index in [1.54, 1.807) is 35.2 Å². The maximum Gasteiger partial charge on any atom is 0.274 e. The predicted molar refractivity (Wildman–Crippen MR) is 99.4 cm³/mol. The van der Waals surface area contributed by atoms with Gasteiger partial charge < -0.3 is 20.7 Å². The highest BCUT2D eigenvalue weighted by atomic mass is 16.5. The molecule has 9 heteroatoms. The third-order valence-corrected chi connectivity index (χ3v) is 4.35. The summed E-state index contributed by atoms with van der Waals surface area (Å²) >= 11 is 0. The molecule has 0 spiro atoms. The van der Waals surface area contributed by atoms with Gasteiger partial charge in [0.1, 0.15) is 5.69 Å². The van der Waals surface area contributed by atoms with E-state index in [2.05, 4.69) is 20.5 Å². The topological polar surface area (TPSA) is 126 Å². The van der Waals surface area contributed by atoms with E-state index in [1.165, 1.54) is 6.20 Å². The number of amides is 2. The molecular formula is C18H18N6O3. The normalized spacial score (nSPS) is 14.3. The van der Waals surface area contributed by atoms with Gasteiger partial charge in [-0.3, -0.25) is 14.7 Å². The van der Waals surface area contributed by atoms with Crippen LogP contribution in [0.3, 0.4) is 0 Å². The largest absolute Gasteiger partial charge is 0.397 e. The fraction of sp³-hybridized carbons (Fsp3) is 0.222. The highest BCUT2D eigenvalue weighted by Gasteiger charge is 2.19. The van der Waals surface area contributed by atoms with Gasteiger partial charge in [-0.25, -0.2) is 4.98 Å². The lowest BCUT2D eigenvalue weighted by atomic mass is 10.1. The van der Waals surface area contributed by atoms with Crippen LogP contribution in [0.1, 0.15) is 20.8 Å². The summed E-state index contributed by atoms with van der Waals surface area (Å²) in [5.41, 5.74) is 8.01. The maximum atomic E-state index is 12.5. The van der Waals surface area contributed by atoms with Crippen LogP contribution in [0.2, 0.25) is 0 Å². The molecule has 3 aromatic rings. The van der Waals surface area contributed by atoms with E-state index in [0.29, 0.717) is 54.3 Å². The number of hydrogen-bond donors (Lipinski definition) is 3. The Morgan fingerprint density at radius 3 is 2.67 bits per heavy atom. The van der Waals surface area contributed by atoms with Crippen LogP contribution in [0.5, 0.6) is 0 Å². The van der Waals surface area contributed by atoms with E-state index < -0.39 is 0 Å². The average Bonchev–Trinajstić information content (AvgIpc) is 3.12.